The number of hydrogen-bond donors (Lipinski definition) is 1. The minimum absolute atomic E-state index is 0.0506. The molecule has 4 rings (SSSR count). The first kappa shape index (κ1) is 23.4. The Kier molecular flexibility index (Phi) is 7.11. The number of sulfonamides is 1. The molecule has 0 saturated carbocycles. The largest absolute Gasteiger partial charge is 0.339 e. The molecule has 2 fully saturated rings. The molecule has 2 aliphatic rings. The Morgan fingerprint density at radius 2 is 1.61 bits per heavy atom. The molecule has 0 aliphatic carbocycles. The number of benzene rings is 2. The maximum atomic E-state index is 13.0. The highest BCUT2D eigenvalue weighted by atomic mass is 32.2. The zero-order valence-corrected chi connectivity index (χ0v) is 19.7. The van der Waals surface area contributed by atoms with Crippen molar-refractivity contribution < 1.29 is 18.0 Å². The lowest BCUT2D eigenvalue weighted by molar-refractivity contribution is 0.0794. The minimum Gasteiger partial charge on any atom is -0.339 e. The zero-order valence-electron chi connectivity index (χ0n) is 18.9. The third kappa shape index (κ3) is 5.79. The molecule has 0 aromatic heterocycles. The van der Waals surface area contributed by atoms with Crippen LogP contribution in [0.1, 0.15) is 39.1 Å². The van der Waals surface area contributed by atoms with E-state index in [4.69, 9.17) is 0 Å². The van der Waals surface area contributed by atoms with Crippen molar-refractivity contribution in [3.63, 3.8) is 0 Å². The maximum Gasteiger partial charge on any atom is 0.255 e. The Labute approximate surface area is 195 Å². The second kappa shape index (κ2) is 10.0. The average Bonchev–Trinajstić information content (AvgIpc) is 3.34. The number of nitrogens with one attached hydrogen (secondary N) is 1. The molecule has 0 atom stereocenters. The molecule has 2 aliphatic heterocycles. The van der Waals surface area contributed by atoms with Gasteiger partial charge in [-0.05, 0) is 42.7 Å². The van der Waals surface area contributed by atoms with Crippen molar-refractivity contribution in [2.45, 2.75) is 19.4 Å². The Balaban J connectivity index is 1.41. The quantitative estimate of drug-likeness (QED) is 0.700. The van der Waals surface area contributed by atoms with Gasteiger partial charge in [-0.3, -0.25) is 14.5 Å². The number of nitrogens with zero attached hydrogens (tertiary/aromatic N) is 3. The molecule has 2 aromatic carbocycles. The fourth-order valence-corrected chi connectivity index (χ4v) is 5.18. The molecule has 33 heavy (non-hydrogen) atoms. The summed E-state index contributed by atoms with van der Waals surface area (Å²) in [5, 5.41) is 2.91. The number of piperazine rings is 1. The van der Waals surface area contributed by atoms with Crippen LogP contribution in [0.25, 0.3) is 0 Å². The first-order chi connectivity index (χ1) is 15.8. The number of anilines is 1. The summed E-state index contributed by atoms with van der Waals surface area (Å²) in [7, 11) is -3.16. The van der Waals surface area contributed by atoms with Crippen molar-refractivity contribution in [3.05, 3.63) is 65.2 Å². The van der Waals surface area contributed by atoms with E-state index >= 15 is 0 Å². The second-order valence-corrected chi connectivity index (χ2v) is 10.6. The summed E-state index contributed by atoms with van der Waals surface area (Å²) in [6.45, 7) is 4.39. The normalized spacial score (nSPS) is 17.8. The van der Waals surface area contributed by atoms with Crippen LogP contribution in [0.3, 0.4) is 0 Å². The summed E-state index contributed by atoms with van der Waals surface area (Å²) in [6, 6.07) is 14.5. The van der Waals surface area contributed by atoms with Gasteiger partial charge in [-0.25, -0.2) is 8.42 Å². The first-order valence-electron chi connectivity index (χ1n) is 11.3. The smallest absolute Gasteiger partial charge is 0.255 e. The number of para-hydroxylation sites is 1. The maximum absolute atomic E-state index is 13.0. The summed E-state index contributed by atoms with van der Waals surface area (Å²) in [4.78, 5) is 29.9. The lowest BCUT2D eigenvalue weighted by atomic mass is 10.1. The summed E-state index contributed by atoms with van der Waals surface area (Å²) in [5.74, 6) is -0.314. The minimum atomic E-state index is -3.16. The molecule has 0 radical (unpaired) electrons. The van der Waals surface area contributed by atoms with Crippen molar-refractivity contribution in [1.29, 1.82) is 0 Å². The van der Waals surface area contributed by atoms with Crippen LogP contribution in [0.15, 0.2) is 48.5 Å². The van der Waals surface area contributed by atoms with E-state index in [1.54, 1.807) is 18.2 Å². The highest BCUT2D eigenvalue weighted by Crippen LogP contribution is 2.21. The van der Waals surface area contributed by atoms with Gasteiger partial charge in [0, 0.05) is 51.4 Å². The molecular weight excluding hydrogens is 440 g/mol. The van der Waals surface area contributed by atoms with Gasteiger partial charge in [-0.2, -0.15) is 4.31 Å². The lowest BCUT2D eigenvalue weighted by Crippen LogP contribution is -2.47. The van der Waals surface area contributed by atoms with Crippen LogP contribution >= 0.6 is 0 Å². The van der Waals surface area contributed by atoms with Crippen LogP contribution in [0.5, 0.6) is 0 Å². The van der Waals surface area contributed by atoms with Crippen LogP contribution in [0, 0.1) is 0 Å². The molecule has 2 aromatic rings. The van der Waals surface area contributed by atoms with Crippen LogP contribution in [0.4, 0.5) is 5.69 Å². The van der Waals surface area contributed by atoms with Gasteiger partial charge in [0.1, 0.15) is 0 Å². The molecule has 8 nitrogen and oxygen atoms in total. The number of rotatable bonds is 6. The molecule has 2 saturated heterocycles. The van der Waals surface area contributed by atoms with Gasteiger partial charge >= 0.3 is 0 Å². The predicted octanol–water partition coefficient (Wildman–Crippen LogP) is 2.25. The van der Waals surface area contributed by atoms with Gasteiger partial charge < -0.3 is 10.2 Å². The first-order valence-corrected chi connectivity index (χ1v) is 13.1. The molecule has 1 N–H and O–H groups in total. The van der Waals surface area contributed by atoms with E-state index in [0.29, 0.717) is 49.5 Å². The van der Waals surface area contributed by atoms with E-state index in [2.05, 4.69) is 10.2 Å². The Morgan fingerprint density at radius 3 is 2.30 bits per heavy atom. The SMILES string of the molecule is CS(=O)(=O)N1CCN(Cc2cccc(C(=O)Nc3ccccc3C(=O)N3CCCC3)c2)CC1. The molecule has 2 amide bonds. The molecular formula is C24H30N4O4S. The van der Waals surface area contributed by atoms with Crippen molar-refractivity contribution in [2.24, 2.45) is 0 Å². The van der Waals surface area contributed by atoms with Crippen molar-refractivity contribution in [1.82, 2.24) is 14.1 Å². The topological polar surface area (TPSA) is 90.0 Å². The lowest BCUT2D eigenvalue weighted by Gasteiger charge is -2.33. The highest BCUT2D eigenvalue weighted by molar-refractivity contribution is 7.88. The van der Waals surface area contributed by atoms with E-state index in [0.717, 1.165) is 31.5 Å². The second-order valence-electron chi connectivity index (χ2n) is 8.64. The summed E-state index contributed by atoms with van der Waals surface area (Å²) < 4.78 is 24.9. The molecule has 9 heteroatoms. The molecule has 0 bridgehead atoms. The molecule has 0 spiro atoms. The third-order valence-electron chi connectivity index (χ3n) is 6.19. The summed E-state index contributed by atoms with van der Waals surface area (Å²) >= 11 is 0. The van der Waals surface area contributed by atoms with Gasteiger partial charge in [0.2, 0.25) is 10.0 Å². The van der Waals surface area contributed by atoms with Gasteiger partial charge in [0.15, 0.2) is 0 Å². The fourth-order valence-electron chi connectivity index (χ4n) is 4.35. The molecule has 2 heterocycles. The fraction of sp³-hybridized carbons (Fsp3) is 0.417. The number of amides is 2. The van der Waals surface area contributed by atoms with Crippen LogP contribution in [0.2, 0.25) is 0 Å². The van der Waals surface area contributed by atoms with Crippen LogP contribution in [-0.2, 0) is 16.6 Å². The van der Waals surface area contributed by atoms with Crippen LogP contribution in [-0.4, -0.2) is 79.9 Å². The third-order valence-corrected chi connectivity index (χ3v) is 7.50. The van der Waals surface area contributed by atoms with Crippen molar-refractivity contribution >= 4 is 27.5 Å². The number of likely N-dealkylation sites (tertiary alicyclic amines) is 1. The number of carbonyl (C=O) groups is 2. The summed E-state index contributed by atoms with van der Waals surface area (Å²) in [6.07, 6.45) is 3.26. The molecule has 0 unspecified atom stereocenters. The number of hydrogen-bond acceptors (Lipinski definition) is 5. The van der Waals surface area contributed by atoms with E-state index in [-0.39, 0.29) is 11.8 Å². The van der Waals surface area contributed by atoms with Crippen molar-refractivity contribution in [3.8, 4) is 0 Å². The standard InChI is InChI=1S/C24H30N4O4S/c1-33(31,32)28-15-13-26(14-16-28)18-19-7-6-8-20(17-19)23(29)25-22-10-3-2-9-21(22)24(30)27-11-4-5-12-27/h2-3,6-10,17H,4-5,11-16,18H2,1H3,(H,25,29). The van der Waals surface area contributed by atoms with E-state index in [1.807, 2.05) is 35.2 Å². The monoisotopic (exact) mass is 470 g/mol. The van der Waals surface area contributed by atoms with Gasteiger partial charge in [0.25, 0.3) is 11.8 Å². The average molecular weight is 471 g/mol. The zero-order chi connectivity index (χ0) is 23.4. The van der Waals surface area contributed by atoms with Gasteiger partial charge in [0.05, 0.1) is 17.5 Å². The number of carbonyl (C=O) groups excluding carboxylic acids is 2. The Hall–Kier alpha value is -2.75. The van der Waals surface area contributed by atoms with Crippen molar-refractivity contribution in [2.75, 3.05) is 50.8 Å². The summed E-state index contributed by atoms with van der Waals surface area (Å²) in [5.41, 5.74) is 2.52. The highest BCUT2D eigenvalue weighted by Gasteiger charge is 2.24. The van der Waals surface area contributed by atoms with E-state index in [9.17, 15) is 18.0 Å². The Bertz CT molecular complexity index is 1120. The Morgan fingerprint density at radius 1 is 0.909 bits per heavy atom. The van der Waals surface area contributed by atoms with Crippen LogP contribution < -0.4 is 5.32 Å². The van der Waals surface area contributed by atoms with E-state index < -0.39 is 10.0 Å². The van der Waals surface area contributed by atoms with E-state index in [1.165, 1.54) is 10.6 Å². The molecule has 176 valence electrons. The predicted molar refractivity (Wildman–Crippen MR) is 128 cm³/mol. The van der Waals surface area contributed by atoms with Gasteiger partial charge in [-0.15, -0.1) is 0 Å². The van der Waals surface area contributed by atoms with Gasteiger partial charge in [-0.1, -0.05) is 24.3 Å².